The summed E-state index contributed by atoms with van der Waals surface area (Å²) in [4.78, 5) is 4.09. The van der Waals surface area contributed by atoms with Gasteiger partial charge in [0.1, 0.15) is 0 Å². The molecule has 3 rings (SSSR count). The van der Waals surface area contributed by atoms with E-state index >= 15 is 0 Å². The molecule has 2 atom stereocenters. The van der Waals surface area contributed by atoms with Crippen molar-refractivity contribution in [3.05, 3.63) is 53.6 Å². The first-order valence-corrected chi connectivity index (χ1v) is 9.27. The van der Waals surface area contributed by atoms with Gasteiger partial charge < -0.3 is 15.2 Å². The van der Waals surface area contributed by atoms with Crippen molar-refractivity contribution in [3.8, 4) is 0 Å². The molecule has 1 saturated carbocycles. The smallest absolute Gasteiger partial charge is 0.0945 e. The van der Waals surface area contributed by atoms with Gasteiger partial charge >= 0.3 is 0 Å². The molecule has 0 radical (unpaired) electrons. The van der Waals surface area contributed by atoms with Gasteiger partial charge in [-0.2, -0.15) is 0 Å². The molecule has 1 fully saturated rings. The van der Waals surface area contributed by atoms with Crippen LogP contribution in [0, 0.1) is 0 Å². The lowest BCUT2D eigenvalue weighted by atomic mass is 9.72. The van der Waals surface area contributed by atoms with E-state index < -0.39 is 0 Å². The van der Waals surface area contributed by atoms with E-state index in [-0.39, 0.29) is 5.54 Å². The summed E-state index contributed by atoms with van der Waals surface area (Å²) in [7, 11) is 2.06. The third-order valence-corrected chi connectivity index (χ3v) is 5.58. The maximum absolute atomic E-state index is 6.54. The third kappa shape index (κ3) is 3.66. The molecule has 1 heterocycles. The lowest BCUT2D eigenvalue weighted by Gasteiger charge is -2.45. The second-order valence-electron chi connectivity index (χ2n) is 6.61. The van der Waals surface area contributed by atoms with Crippen LogP contribution < -0.4 is 10.6 Å². The second kappa shape index (κ2) is 8.15. The number of nitrogens with one attached hydrogen (secondary N) is 2. The average Bonchev–Trinajstić information content (AvgIpc) is 3.13. The zero-order valence-corrected chi connectivity index (χ0v) is 15.1. The molecule has 2 N–H and O–H groups in total. The quantitative estimate of drug-likeness (QED) is 0.753. The molecule has 1 aromatic heterocycles. The second-order valence-corrected chi connectivity index (χ2v) is 7.01. The Hall–Kier alpha value is -1.36. The Labute approximate surface area is 149 Å². The van der Waals surface area contributed by atoms with Gasteiger partial charge in [0.05, 0.1) is 11.9 Å². The zero-order chi connectivity index (χ0) is 16.8. The van der Waals surface area contributed by atoms with Crippen molar-refractivity contribution < 1.29 is 0 Å². The van der Waals surface area contributed by atoms with E-state index in [2.05, 4.69) is 39.4 Å². The highest BCUT2D eigenvalue weighted by Crippen LogP contribution is 2.40. The van der Waals surface area contributed by atoms with Crippen LogP contribution in [0.4, 0.5) is 0 Å². The predicted molar refractivity (Wildman–Crippen MR) is 99.3 cm³/mol. The number of hydrogen-bond donors (Lipinski definition) is 2. The first-order chi connectivity index (χ1) is 11.8. The summed E-state index contributed by atoms with van der Waals surface area (Å²) in [5.74, 6) is 0. The standard InChI is InChI=1S/C19H27ClN4/c1-21-19(16-7-2-3-8-17(16)20)10-5-4-9-18(19)23-11-6-13-24-14-12-22-15-24/h2-3,7-8,12,14-15,18,21,23H,4-6,9-11,13H2,1H3/t18-,19+/m1/s1. The molecule has 1 aliphatic carbocycles. The van der Waals surface area contributed by atoms with Gasteiger partial charge in [-0.3, -0.25) is 0 Å². The minimum absolute atomic E-state index is 0.0778. The normalized spacial score (nSPS) is 24.2. The van der Waals surface area contributed by atoms with Crippen LogP contribution in [0.25, 0.3) is 0 Å². The van der Waals surface area contributed by atoms with Crippen LogP contribution in [-0.4, -0.2) is 29.2 Å². The molecule has 0 saturated heterocycles. The van der Waals surface area contributed by atoms with Gasteiger partial charge in [-0.1, -0.05) is 42.6 Å². The van der Waals surface area contributed by atoms with E-state index in [1.165, 1.54) is 24.8 Å². The van der Waals surface area contributed by atoms with Crippen LogP contribution in [-0.2, 0) is 12.1 Å². The summed E-state index contributed by atoms with van der Waals surface area (Å²) in [5, 5.41) is 8.27. The Kier molecular flexibility index (Phi) is 5.93. The Balaban J connectivity index is 1.68. The molecule has 0 unspecified atom stereocenters. The van der Waals surface area contributed by atoms with Gasteiger partial charge in [0, 0.05) is 30.0 Å². The molecule has 0 amide bonds. The van der Waals surface area contributed by atoms with E-state index in [1.807, 2.05) is 30.9 Å². The van der Waals surface area contributed by atoms with E-state index in [0.717, 1.165) is 31.0 Å². The largest absolute Gasteiger partial charge is 0.337 e. The minimum atomic E-state index is -0.0778. The highest BCUT2D eigenvalue weighted by molar-refractivity contribution is 6.31. The van der Waals surface area contributed by atoms with Crippen molar-refractivity contribution in [2.24, 2.45) is 0 Å². The monoisotopic (exact) mass is 346 g/mol. The maximum atomic E-state index is 6.54. The SMILES string of the molecule is CN[C@]1(c2ccccc2Cl)CCCC[C@H]1NCCCn1ccnc1. The van der Waals surface area contributed by atoms with Crippen LogP contribution in [0.5, 0.6) is 0 Å². The molecule has 130 valence electrons. The van der Waals surface area contributed by atoms with Gasteiger partial charge in [0.2, 0.25) is 0 Å². The summed E-state index contributed by atoms with van der Waals surface area (Å²) >= 11 is 6.54. The molecule has 0 spiro atoms. The summed E-state index contributed by atoms with van der Waals surface area (Å²) in [6.07, 6.45) is 11.6. The number of likely N-dealkylation sites (N-methyl/N-ethyl adjacent to an activating group) is 1. The number of aryl methyl sites for hydroxylation is 1. The number of benzene rings is 1. The Bertz CT molecular complexity index is 628. The Morgan fingerprint density at radius 2 is 2.21 bits per heavy atom. The lowest BCUT2D eigenvalue weighted by Crippen LogP contribution is -2.58. The van der Waals surface area contributed by atoms with Crippen molar-refractivity contribution in [2.45, 2.75) is 50.2 Å². The fraction of sp³-hybridized carbons (Fsp3) is 0.526. The maximum Gasteiger partial charge on any atom is 0.0945 e. The van der Waals surface area contributed by atoms with Gasteiger partial charge in [0.25, 0.3) is 0 Å². The summed E-state index contributed by atoms with van der Waals surface area (Å²) < 4.78 is 2.13. The summed E-state index contributed by atoms with van der Waals surface area (Å²) in [6, 6.07) is 8.67. The molecular formula is C19H27ClN4. The number of nitrogens with zero attached hydrogens (tertiary/aromatic N) is 2. The fourth-order valence-corrected chi connectivity index (χ4v) is 4.29. The van der Waals surface area contributed by atoms with E-state index in [1.54, 1.807) is 0 Å². The predicted octanol–water partition coefficient (Wildman–Crippen LogP) is 3.57. The summed E-state index contributed by atoms with van der Waals surface area (Å²) in [5.41, 5.74) is 1.15. The molecule has 5 heteroatoms. The van der Waals surface area contributed by atoms with E-state index in [4.69, 9.17) is 11.6 Å². The van der Waals surface area contributed by atoms with Crippen molar-refractivity contribution in [3.63, 3.8) is 0 Å². The number of aromatic nitrogens is 2. The van der Waals surface area contributed by atoms with Crippen molar-refractivity contribution in [1.82, 2.24) is 20.2 Å². The first kappa shape index (κ1) is 17.5. The summed E-state index contributed by atoms with van der Waals surface area (Å²) in [6.45, 7) is 2.00. The molecule has 0 aliphatic heterocycles. The fourth-order valence-electron chi connectivity index (χ4n) is 3.99. The van der Waals surface area contributed by atoms with Gasteiger partial charge in [-0.05, 0) is 44.5 Å². The Morgan fingerprint density at radius 1 is 1.33 bits per heavy atom. The number of imidazole rings is 1. The molecular weight excluding hydrogens is 320 g/mol. The zero-order valence-electron chi connectivity index (χ0n) is 14.3. The van der Waals surface area contributed by atoms with Crippen molar-refractivity contribution >= 4 is 11.6 Å². The molecule has 24 heavy (non-hydrogen) atoms. The van der Waals surface area contributed by atoms with E-state index in [0.29, 0.717) is 6.04 Å². The third-order valence-electron chi connectivity index (χ3n) is 5.25. The molecule has 1 aliphatic rings. The molecule has 0 bridgehead atoms. The highest BCUT2D eigenvalue weighted by Gasteiger charge is 2.41. The number of rotatable bonds is 7. The van der Waals surface area contributed by atoms with Gasteiger partial charge in [-0.15, -0.1) is 0 Å². The minimum Gasteiger partial charge on any atom is -0.337 e. The highest BCUT2D eigenvalue weighted by atomic mass is 35.5. The number of hydrogen-bond acceptors (Lipinski definition) is 3. The van der Waals surface area contributed by atoms with Crippen molar-refractivity contribution in [1.29, 1.82) is 0 Å². The van der Waals surface area contributed by atoms with Gasteiger partial charge in [0.15, 0.2) is 0 Å². The lowest BCUT2D eigenvalue weighted by molar-refractivity contribution is 0.177. The van der Waals surface area contributed by atoms with Crippen LogP contribution in [0.2, 0.25) is 5.02 Å². The van der Waals surface area contributed by atoms with Gasteiger partial charge in [-0.25, -0.2) is 4.98 Å². The van der Waals surface area contributed by atoms with Crippen LogP contribution in [0.3, 0.4) is 0 Å². The topological polar surface area (TPSA) is 41.9 Å². The molecule has 2 aromatic rings. The van der Waals surface area contributed by atoms with Crippen LogP contribution in [0.15, 0.2) is 43.0 Å². The molecule has 4 nitrogen and oxygen atoms in total. The van der Waals surface area contributed by atoms with Crippen LogP contribution in [0.1, 0.15) is 37.7 Å². The average molecular weight is 347 g/mol. The van der Waals surface area contributed by atoms with Crippen molar-refractivity contribution in [2.75, 3.05) is 13.6 Å². The number of halogens is 1. The van der Waals surface area contributed by atoms with E-state index in [9.17, 15) is 0 Å². The Morgan fingerprint density at radius 3 is 2.96 bits per heavy atom. The van der Waals surface area contributed by atoms with Crippen LogP contribution >= 0.6 is 11.6 Å². The molecule has 1 aromatic carbocycles. The first-order valence-electron chi connectivity index (χ1n) is 8.89.